The van der Waals surface area contributed by atoms with Crippen LogP contribution in [0, 0.1) is 13.8 Å². The van der Waals surface area contributed by atoms with Crippen LogP contribution in [0.4, 0.5) is 5.95 Å². The van der Waals surface area contributed by atoms with Crippen LogP contribution in [-0.2, 0) is 9.59 Å². The van der Waals surface area contributed by atoms with Crippen molar-refractivity contribution >= 4 is 34.4 Å². The van der Waals surface area contributed by atoms with Gasteiger partial charge in [0.25, 0.3) is 5.78 Å². The Labute approximate surface area is 196 Å². The summed E-state index contributed by atoms with van der Waals surface area (Å²) in [4.78, 5) is 35.7. The second-order valence-corrected chi connectivity index (χ2v) is 8.35. The number of hydrogen-bond donors (Lipinski definition) is 2. The van der Waals surface area contributed by atoms with Gasteiger partial charge in [0, 0.05) is 5.56 Å². The molecule has 5 rings (SSSR count). The maximum absolute atomic E-state index is 13.3. The molecule has 0 saturated carbocycles. The number of imidazole rings is 1. The Bertz CT molecular complexity index is 1470. The first-order valence-corrected chi connectivity index (χ1v) is 10.9. The summed E-state index contributed by atoms with van der Waals surface area (Å²) in [5.74, 6) is -0.851. The van der Waals surface area contributed by atoms with E-state index in [4.69, 9.17) is 4.74 Å². The van der Waals surface area contributed by atoms with Crippen LogP contribution in [0.15, 0.2) is 72.3 Å². The summed E-state index contributed by atoms with van der Waals surface area (Å²) in [7, 11) is 1.57. The lowest BCUT2D eigenvalue weighted by Gasteiger charge is -2.23. The van der Waals surface area contributed by atoms with Crippen molar-refractivity contribution in [1.29, 1.82) is 0 Å². The number of nitrogens with zero attached hydrogens (tertiary/aromatic N) is 2. The first-order chi connectivity index (χ1) is 16.4. The van der Waals surface area contributed by atoms with Crippen molar-refractivity contribution in [1.82, 2.24) is 9.97 Å². The third-order valence-electron chi connectivity index (χ3n) is 6.08. The fraction of sp³-hybridized carbons (Fsp3) is 0.148. The highest BCUT2D eigenvalue weighted by Crippen LogP contribution is 2.42. The minimum atomic E-state index is -0.842. The standard InChI is InChI=1S/C27H23N3O4/c1-15-9-11-19-20(13-15)29-27(28-19)30-23(17-7-5-4-6-8-17)22(25(32)26(30)33)24(31)18-10-12-21(34-3)16(2)14-18/h4-14,23,31H,1-3H3,(H,28,29)/b24-22+. The molecule has 0 radical (unpaired) electrons. The van der Waals surface area contributed by atoms with Crippen LogP contribution < -0.4 is 9.64 Å². The highest BCUT2D eigenvalue weighted by molar-refractivity contribution is 6.51. The molecule has 7 nitrogen and oxygen atoms in total. The molecular weight excluding hydrogens is 430 g/mol. The van der Waals surface area contributed by atoms with E-state index in [9.17, 15) is 14.7 Å². The Hall–Kier alpha value is -4.39. The van der Waals surface area contributed by atoms with Crippen LogP contribution >= 0.6 is 0 Å². The molecule has 1 amide bonds. The van der Waals surface area contributed by atoms with E-state index in [1.165, 1.54) is 4.90 Å². The number of nitrogens with one attached hydrogen (secondary N) is 1. The molecule has 1 aromatic heterocycles. The number of Topliss-reactive ketones (excluding diaryl/α,β-unsaturated/α-hetero) is 1. The van der Waals surface area contributed by atoms with E-state index in [1.807, 2.05) is 62.4 Å². The Morgan fingerprint density at radius 1 is 1.03 bits per heavy atom. The van der Waals surface area contributed by atoms with Crippen molar-refractivity contribution in [2.24, 2.45) is 0 Å². The number of amides is 1. The lowest BCUT2D eigenvalue weighted by atomic mass is 9.95. The Morgan fingerprint density at radius 2 is 1.79 bits per heavy atom. The molecule has 1 fully saturated rings. The van der Waals surface area contributed by atoms with Gasteiger partial charge >= 0.3 is 5.91 Å². The lowest BCUT2D eigenvalue weighted by molar-refractivity contribution is -0.132. The fourth-order valence-electron chi connectivity index (χ4n) is 4.41. The molecule has 170 valence electrons. The number of carbonyl (C=O) groups excluding carboxylic acids is 2. The minimum Gasteiger partial charge on any atom is -0.507 e. The first kappa shape index (κ1) is 21.5. The number of methoxy groups -OCH3 is 1. The molecule has 0 aliphatic carbocycles. The molecule has 2 heterocycles. The number of carbonyl (C=O) groups is 2. The monoisotopic (exact) mass is 453 g/mol. The van der Waals surface area contributed by atoms with Gasteiger partial charge in [-0.05, 0) is 60.9 Å². The van der Waals surface area contributed by atoms with E-state index in [0.29, 0.717) is 22.4 Å². The zero-order chi connectivity index (χ0) is 24.0. The van der Waals surface area contributed by atoms with E-state index in [0.717, 1.165) is 16.6 Å². The molecule has 1 atom stereocenters. The van der Waals surface area contributed by atoms with Crippen molar-refractivity contribution in [2.45, 2.75) is 19.9 Å². The molecule has 2 N–H and O–H groups in total. The number of aliphatic hydroxyl groups excluding tert-OH is 1. The number of H-pyrrole nitrogens is 1. The molecule has 1 aliphatic rings. The first-order valence-electron chi connectivity index (χ1n) is 10.9. The number of aryl methyl sites for hydroxylation is 2. The molecule has 1 saturated heterocycles. The highest BCUT2D eigenvalue weighted by Gasteiger charge is 2.48. The maximum Gasteiger partial charge on any atom is 0.302 e. The quantitative estimate of drug-likeness (QED) is 0.263. The van der Waals surface area contributed by atoms with Gasteiger partial charge in [-0.25, -0.2) is 4.98 Å². The van der Waals surface area contributed by atoms with Crippen molar-refractivity contribution in [3.05, 3.63) is 94.6 Å². The number of ketones is 1. The summed E-state index contributed by atoms with van der Waals surface area (Å²) in [6.07, 6.45) is 0. The molecule has 1 aliphatic heterocycles. The second kappa shape index (κ2) is 8.19. The summed E-state index contributed by atoms with van der Waals surface area (Å²) in [6.45, 7) is 3.81. The third kappa shape index (κ3) is 3.42. The molecule has 0 spiro atoms. The molecular formula is C27H23N3O4. The average Bonchev–Trinajstić information content (AvgIpc) is 3.37. The molecule has 3 aromatic carbocycles. The largest absolute Gasteiger partial charge is 0.507 e. The average molecular weight is 453 g/mol. The van der Waals surface area contributed by atoms with Gasteiger partial charge in [-0.1, -0.05) is 36.4 Å². The van der Waals surface area contributed by atoms with Gasteiger partial charge in [0.05, 0.1) is 29.8 Å². The van der Waals surface area contributed by atoms with Crippen LogP contribution in [0.3, 0.4) is 0 Å². The number of aromatic amines is 1. The predicted molar refractivity (Wildman–Crippen MR) is 130 cm³/mol. The van der Waals surface area contributed by atoms with Gasteiger partial charge < -0.3 is 14.8 Å². The summed E-state index contributed by atoms with van der Waals surface area (Å²) in [5, 5.41) is 11.3. The van der Waals surface area contributed by atoms with Gasteiger partial charge in [0.2, 0.25) is 5.95 Å². The Balaban J connectivity index is 1.71. The molecule has 4 aromatic rings. The van der Waals surface area contributed by atoms with Gasteiger partial charge in [-0.15, -0.1) is 0 Å². The maximum atomic E-state index is 13.3. The van der Waals surface area contributed by atoms with Crippen LogP contribution in [0.2, 0.25) is 0 Å². The van der Waals surface area contributed by atoms with Gasteiger partial charge in [0.15, 0.2) is 0 Å². The molecule has 7 heteroatoms. The van der Waals surface area contributed by atoms with Gasteiger partial charge in [-0.2, -0.15) is 0 Å². The smallest absolute Gasteiger partial charge is 0.302 e. The van der Waals surface area contributed by atoms with E-state index >= 15 is 0 Å². The van der Waals surface area contributed by atoms with Crippen LogP contribution in [0.1, 0.15) is 28.3 Å². The van der Waals surface area contributed by atoms with E-state index < -0.39 is 17.7 Å². The normalized spacial score (nSPS) is 17.5. The van der Waals surface area contributed by atoms with Crippen molar-refractivity contribution in [2.75, 3.05) is 12.0 Å². The number of anilines is 1. The number of aliphatic hydroxyl groups is 1. The minimum absolute atomic E-state index is 0.0115. The van der Waals surface area contributed by atoms with Gasteiger partial charge in [0.1, 0.15) is 11.5 Å². The fourth-order valence-corrected chi connectivity index (χ4v) is 4.41. The van der Waals surface area contributed by atoms with Crippen molar-refractivity contribution < 1.29 is 19.4 Å². The van der Waals surface area contributed by atoms with E-state index in [2.05, 4.69) is 9.97 Å². The van der Waals surface area contributed by atoms with E-state index in [1.54, 1.807) is 25.3 Å². The number of hydrogen-bond acceptors (Lipinski definition) is 5. The SMILES string of the molecule is COc1ccc(/C(O)=C2\C(=O)C(=O)N(c3nc4ccc(C)cc4[nH]3)C2c2ccccc2)cc1C. The Morgan fingerprint density at radius 3 is 2.50 bits per heavy atom. The third-order valence-corrected chi connectivity index (χ3v) is 6.08. The zero-order valence-electron chi connectivity index (χ0n) is 19.0. The predicted octanol–water partition coefficient (Wildman–Crippen LogP) is 4.81. The van der Waals surface area contributed by atoms with Crippen LogP contribution in [-0.4, -0.2) is 33.9 Å². The van der Waals surface area contributed by atoms with Crippen LogP contribution in [0.5, 0.6) is 5.75 Å². The van der Waals surface area contributed by atoms with Gasteiger partial charge in [-0.3, -0.25) is 14.5 Å². The second-order valence-electron chi connectivity index (χ2n) is 8.35. The van der Waals surface area contributed by atoms with Crippen molar-refractivity contribution in [3.8, 4) is 5.75 Å². The Kier molecular flexibility index (Phi) is 5.17. The summed E-state index contributed by atoms with van der Waals surface area (Å²) in [6, 6.07) is 19.2. The number of fused-ring (bicyclic) bond motifs is 1. The summed E-state index contributed by atoms with van der Waals surface area (Å²) >= 11 is 0. The molecule has 1 unspecified atom stereocenters. The molecule has 34 heavy (non-hydrogen) atoms. The van der Waals surface area contributed by atoms with Crippen molar-refractivity contribution in [3.63, 3.8) is 0 Å². The molecule has 0 bridgehead atoms. The topological polar surface area (TPSA) is 95.5 Å². The highest BCUT2D eigenvalue weighted by atomic mass is 16.5. The van der Waals surface area contributed by atoms with Crippen LogP contribution in [0.25, 0.3) is 16.8 Å². The summed E-state index contributed by atoms with van der Waals surface area (Å²) in [5.41, 5.74) is 4.40. The number of aromatic nitrogens is 2. The number of benzene rings is 3. The van der Waals surface area contributed by atoms with E-state index in [-0.39, 0.29) is 17.3 Å². The zero-order valence-corrected chi connectivity index (χ0v) is 19.0. The number of ether oxygens (including phenoxy) is 1. The lowest BCUT2D eigenvalue weighted by Crippen LogP contribution is -2.30. The summed E-state index contributed by atoms with van der Waals surface area (Å²) < 4.78 is 5.31. The number of rotatable bonds is 4.